The molecular weight excluding hydrogens is 302 g/mol. The maximum atomic E-state index is 12.3. The van der Waals surface area contributed by atoms with Crippen LogP contribution in [-0.4, -0.2) is 31.9 Å². The normalized spacial score (nSPS) is 11.6. The molecule has 0 saturated carbocycles. The summed E-state index contributed by atoms with van der Waals surface area (Å²) in [5.74, 6) is 0.761. The highest BCUT2D eigenvalue weighted by atomic mass is 32.2. The summed E-state index contributed by atoms with van der Waals surface area (Å²) in [6.45, 7) is 4.55. The van der Waals surface area contributed by atoms with E-state index in [-0.39, 0.29) is 4.90 Å². The molecule has 2 rings (SSSR count). The Hall–Kier alpha value is -1.86. The number of rotatable bonds is 7. The first kappa shape index (κ1) is 16.5. The third kappa shape index (κ3) is 3.66. The number of aryl methyl sites for hydroxylation is 2. The molecule has 6 nitrogen and oxygen atoms in total. The Labute approximate surface area is 131 Å². The molecule has 0 saturated heterocycles. The lowest BCUT2D eigenvalue weighted by Gasteiger charge is -2.09. The van der Waals surface area contributed by atoms with E-state index in [1.54, 1.807) is 24.9 Å². The molecule has 1 aromatic carbocycles. The summed E-state index contributed by atoms with van der Waals surface area (Å²) < 4.78 is 34.2. The molecule has 1 aromatic heterocycles. The SMILES string of the molecule is CCn1cc(S(=O)(=O)NCCc2ccccc2OC)c(C)n1. The fraction of sp³-hybridized carbons (Fsp3) is 0.400. The van der Waals surface area contributed by atoms with E-state index in [0.717, 1.165) is 11.3 Å². The van der Waals surface area contributed by atoms with Crippen LogP contribution in [-0.2, 0) is 23.0 Å². The van der Waals surface area contributed by atoms with E-state index in [9.17, 15) is 8.42 Å². The van der Waals surface area contributed by atoms with Gasteiger partial charge in [0.25, 0.3) is 0 Å². The number of benzene rings is 1. The number of sulfonamides is 1. The summed E-state index contributed by atoms with van der Waals surface area (Å²) in [4.78, 5) is 0.231. The number of nitrogens with one attached hydrogen (secondary N) is 1. The van der Waals surface area contributed by atoms with E-state index < -0.39 is 10.0 Å². The minimum Gasteiger partial charge on any atom is -0.496 e. The predicted molar refractivity (Wildman–Crippen MR) is 84.5 cm³/mol. The number of hydrogen-bond acceptors (Lipinski definition) is 4. The zero-order chi connectivity index (χ0) is 16.2. The van der Waals surface area contributed by atoms with Gasteiger partial charge >= 0.3 is 0 Å². The van der Waals surface area contributed by atoms with Crippen molar-refractivity contribution in [2.24, 2.45) is 0 Å². The molecule has 2 aromatic rings. The zero-order valence-electron chi connectivity index (χ0n) is 13.0. The zero-order valence-corrected chi connectivity index (χ0v) is 13.9. The van der Waals surface area contributed by atoms with Gasteiger partial charge in [-0.2, -0.15) is 5.10 Å². The van der Waals surface area contributed by atoms with E-state index in [4.69, 9.17) is 4.74 Å². The van der Waals surface area contributed by atoms with Crippen LogP contribution in [0.5, 0.6) is 5.75 Å². The topological polar surface area (TPSA) is 73.2 Å². The molecule has 0 aliphatic rings. The van der Waals surface area contributed by atoms with Crippen molar-refractivity contribution in [3.63, 3.8) is 0 Å². The van der Waals surface area contributed by atoms with Crippen LogP contribution in [0.3, 0.4) is 0 Å². The number of para-hydroxylation sites is 1. The van der Waals surface area contributed by atoms with E-state index in [2.05, 4.69) is 9.82 Å². The highest BCUT2D eigenvalue weighted by Gasteiger charge is 2.19. The molecule has 0 radical (unpaired) electrons. The molecule has 0 aliphatic heterocycles. The van der Waals surface area contributed by atoms with Crippen LogP contribution in [0.2, 0.25) is 0 Å². The molecule has 0 spiro atoms. The second-order valence-electron chi connectivity index (χ2n) is 4.89. The standard InChI is InChI=1S/C15H21N3O3S/c1-4-18-11-15(12(2)17-18)22(19,20)16-10-9-13-7-5-6-8-14(13)21-3/h5-8,11,16H,4,9-10H2,1-3H3. The quantitative estimate of drug-likeness (QED) is 0.842. The third-order valence-electron chi connectivity index (χ3n) is 3.39. The van der Waals surface area contributed by atoms with E-state index >= 15 is 0 Å². The van der Waals surface area contributed by atoms with Gasteiger partial charge in [0.2, 0.25) is 10.0 Å². The molecule has 1 N–H and O–H groups in total. The fourth-order valence-corrected chi connectivity index (χ4v) is 3.45. The van der Waals surface area contributed by atoms with E-state index in [1.807, 2.05) is 31.2 Å². The molecule has 22 heavy (non-hydrogen) atoms. The van der Waals surface area contributed by atoms with Crippen molar-refractivity contribution >= 4 is 10.0 Å². The van der Waals surface area contributed by atoms with E-state index in [1.165, 1.54) is 0 Å². The molecule has 0 unspecified atom stereocenters. The van der Waals surface area contributed by atoms with Crippen molar-refractivity contribution in [3.05, 3.63) is 41.7 Å². The minimum atomic E-state index is -3.54. The molecule has 0 atom stereocenters. The molecule has 0 aliphatic carbocycles. The van der Waals surface area contributed by atoms with Gasteiger partial charge in [-0.3, -0.25) is 4.68 Å². The Kier molecular flexibility index (Phi) is 5.20. The monoisotopic (exact) mass is 323 g/mol. The van der Waals surface area contributed by atoms with Crippen molar-refractivity contribution in [1.82, 2.24) is 14.5 Å². The van der Waals surface area contributed by atoms with Gasteiger partial charge in [0, 0.05) is 19.3 Å². The van der Waals surface area contributed by atoms with Crippen LogP contribution in [0, 0.1) is 6.92 Å². The molecule has 7 heteroatoms. The van der Waals surface area contributed by atoms with E-state index in [0.29, 0.717) is 25.2 Å². The first-order valence-electron chi connectivity index (χ1n) is 7.13. The van der Waals surface area contributed by atoms with Gasteiger partial charge in [0.05, 0.1) is 12.8 Å². The Morgan fingerprint density at radius 2 is 2.05 bits per heavy atom. The molecule has 0 fully saturated rings. The molecule has 0 amide bonds. The summed E-state index contributed by atoms with van der Waals surface area (Å²) in [7, 11) is -1.94. The Bertz CT molecular complexity index is 738. The van der Waals surface area contributed by atoms with Gasteiger partial charge in [-0.15, -0.1) is 0 Å². The van der Waals surface area contributed by atoms with Gasteiger partial charge < -0.3 is 4.74 Å². The number of hydrogen-bond donors (Lipinski definition) is 1. The number of aromatic nitrogens is 2. The second-order valence-corrected chi connectivity index (χ2v) is 6.63. The smallest absolute Gasteiger partial charge is 0.243 e. The lowest BCUT2D eigenvalue weighted by atomic mass is 10.1. The lowest BCUT2D eigenvalue weighted by Crippen LogP contribution is -2.26. The average molecular weight is 323 g/mol. The second kappa shape index (κ2) is 6.93. The highest BCUT2D eigenvalue weighted by Crippen LogP contribution is 2.18. The van der Waals surface area contributed by atoms with Crippen molar-refractivity contribution in [2.45, 2.75) is 31.7 Å². The summed E-state index contributed by atoms with van der Waals surface area (Å²) in [5.41, 5.74) is 1.47. The molecule has 120 valence electrons. The summed E-state index contributed by atoms with van der Waals surface area (Å²) in [6.07, 6.45) is 2.12. The lowest BCUT2D eigenvalue weighted by molar-refractivity contribution is 0.409. The predicted octanol–water partition coefficient (Wildman–Crippen LogP) is 1.74. The van der Waals surface area contributed by atoms with Crippen LogP contribution >= 0.6 is 0 Å². The molecule has 0 bridgehead atoms. The van der Waals surface area contributed by atoms with Gasteiger partial charge in [-0.05, 0) is 31.9 Å². The Balaban J connectivity index is 2.05. The maximum Gasteiger partial charge on any atom is 0.243 e. The minimum absolute atomic E-state index is 0.231. The number of ether oxygens (including phenoxy) is 1. The van der Waals surface area contributed by atoms with Gasteiger partial charge in [-0.1, -0.05) is 18.2 Å². The van der Waals surface area contributed by atoms with Crippen LogP contribution in [0.4, 0.5) is 0 Å². The maximum absolute atomic E-state index is 12.3. The molecular formula is C15H21N3O3S. The third-order valence-corrected chi connectivity index (χ3v) is 4.96. The Morgan fingerprint density at radius 1 is 1.32 bits per heavy atom. The number of nitrogens with zero attached hydrogens (tertiary/aromatic N) is 2. The van der Waals surface area contributed by atoms with Crippen LogP contribution in [0.25, 0.3) is 0 Å². The van der Waals surface area contributed by atoms with Crippen LogP contribution in [0.15, 0.2) is 35.4 Å². The van der Waals surface area contributed by atoms with Gasteiger partial charge in [0.15, 0.2) is 0 Å². The fourth-order valence-electron chi connectivity index (χ4n) is 2.23. The van der Waals surface area contributed by atoms with Crippen molar-refractivity contribution < 1.29 is 13.2 Å². The van der Waals surface area contributed by atoms with Crippen molar-refractivity contribution in [3.8, 4) is 5.75 Å². The van der Waals surface area contributed by atoms with Crippen molar-refractivity contribution in [2.75, 3.05) is 13.7 Å². The Morgan fingerprint density at radius 3 is 2.68 bits per heavy atom. The van der Waals surface area contributed by atoms with Crippen molar-refractivity contribution in [1.29, 1.82) is 0 Å². The number of methoxy groups -OCH3 is 1. The first-order valence-corrected chi connectivity index (χ1v) is 8.62. The van der Waals surface area contributed by atoms with Gasteiger partial charge in [-0.25, -0.2) is 13.1 Å². The van der Waals surface area contributed by atoms with Gasteiger partial charge in [0.1, 0.15) is 10.6 Å². The average Bonchev–Trinajstić information content (AvgIpc) is 2.89. The molecule has 1 heterocycles. The van der Waals surface area contributed by atoms with Crippen LogP contribution in [0.1, 0.15) is 18.2 Å². The largest absolute Gasteiger partial charge is 0.496 e. The first-order chi connectivity index (χ1) is 10.5. The summed E-state index contributed by atoms with van der Waals surface area (Å²) in [6, 6.07) is 7.57. The summed E-state index contributed by atoms with van der Waals surface area (Å²) >= 11 is 0. The highest BCUT2D eigenvalue weighted by molar-refractivity contribution is 7.89. The summed E-state index contributed by atoms with van der Waals surface area (Å²) in [5, 5.41) is 4.17. The van der Waals surface area contributed by atoms with Crippen LogP contribution < -0.4 is 9.46 Å².